The highest BCUT2D eigenvalue weighted by molar-refractivity contribution is 6.07. The van der Waals surface area contributed by atoms with Gasteiger partial charge in [-0.3, -0.25) is 14.5 Å². The number of anilines is 1. The number of hydrogen-bond donors (Lipinski definition) is 1. The van der Waals surface area contributed by atoms with Crippen LogP contribution in [0.25, 0.3) is 6.08 Å². The summed E-state index contributed by atoms with van der Waals surface area (Å²) in [5.41, 5.74) is 1.91. The Kier molecular flexibility index (Phi) is 6.92. The van der Waals surface area contributed by atoms with Crippen molar-refractivity contribution < 1.29 is 28.6 Å². The van der Waals surface area contributed by atoms with Crippen molar-refractivity contribution in [3.8, 4) is 11.5 Å². The molecule has 0 unspecified atom stereocenters. The van der Waals surface area contributed by atoms with E-state index in [1.165, 1.54) is 17.9 Å². The molecule has 1 aliphatic heterocycles. The molecule has 8 heteroatoms. The molecule has 0 aliphatic carbocycles. The SMILES string of the molecule is COc1ccc(/C=C/C(=O)c2ccc(N3C[C@H](CNC(C)=O)OC3=O)cc2)cc1OC. The zero-order chi connectivity index (χ0) is 22.4. The fourth-order valence-corrected chi connectivity index (χ4v) is 3.13. The normalized spacial score (nSPS) is 15.6. The Morgan fingerprint density at radius 2 is 1.84 bits per heavy atom. The van der Waals surface area contributed by atoms with Crippen LogP contribution < -0.4 is 19.7 Å². The molecule has 1 heterocycles. The van der Waals surface area contributed by atoms with Gasteiger partial charge >= 0.3 is 6.09 Å². The highest BCUT2D eigenvalue weighted by atomic mass is 16.6. The Hall–Kier alpha value is -3.81. The van der Waals surface area contributed by atoms with Gasteiger partial charge in [0, 0.05) is 18.2 Å². The molecule has 0 saturated carbocycles. The topological polar surface area (TPSA) is 94.2 Å². The van der Waals surface area contributed by atoms with E-state index in [9.17, 15) is 14.4 Å². The number of benzene rings is 2. The molecule has 2 aromatic carbocycles. The molecule has 1 N–H and O–H groups in total. The van der Waals surface area contributed by atoms with Crippen molar-refractivity contribution in [2.24, 2.45) is 0 Å². The Morgan fingerprint density at radius 1 is 1.13 bits per heavy atom. The molecule has 0 aromatic heterocycles. The molecular weight excluding hydrogens is 400 g/mol. The van der Waals surface area contributed by atoms with Gasteiger partial charge < -0.3 is 19.5 Å². The molecule has 2 amide bonds. The largest absolute Gasteiger partial charge is 0.493 e. The lowest BCUT2D eigenvalue weighted by atomic mass is 10.1. The van der Waals surface area contributed by atoms with Crippen molar-refractivity contribution in [3.05, 3.63) is 59.7 Å². The van der Waals surface area contributed by atoms with E-state index in [1.807, 2.05) is 6.07 Å². The number of ether oxygens (including phenoxy) is 3. The lowest BCUT2D eigenvalue weighted by Crippen LogP contribution is -2.33. The van der Waals surface area contributed by atoms with Crippen LogP contribution in [0.1, 0.15) is 22.8 Å². The summed E-state index contributed by atoms with van der Waals surface area (Å²) in [7, 11) is 3.11. The van der Waals surface area contributed by atoms with Crippen LogP contribution >= 0.6 is 0 Å². The monoisotopic (exact) mass is 424 g/mol. The van der Waals surface area contributed by atoms with Gasteiger partial charge in [-0.25, -0.2) is 4.79 Å². The number of rotatable bonds is 8. The zero-order valence-electron chi connectivity index (χ0n) is 17.6. The number of allylic oxidation sites excluding steroid dienone is 1. The van der Waals surface area contributed by atoms with Crippen LogP contribution in [0, 0.1) is 0 Å². The fraction of sp³-hybridized carbons (Fsp3) is 0.261. The summed E-state index contributed by atoms with van der Waals surface area (Å²) in [6.07, 6.45) is 2.27. The Bertz CT molecular complexity index is 1000. The lowest BCUT2D eigenvalue weighted by Gasteiger charge is -2.13. The van der Waals surface area contributed by atoms with Crippen molar-refractivity contribution >= 4 is 29.5 Å². The Balaban J connectivity index is 1.64. The average Bonchev–Trinajstić information content (AvgIpc) is 3.16. The maximum Gasteiger partial charge on any atom is 0.414 e. The standard InChI is InChI=1S/C23H24N2O6/c1-15(26)24-13-19-14-25(23(28)31-19)18-8-6-17(7-9-18)20(27)10-4-16-5-11-21(29-2)22(12-16)30-3/h4-12,19H,13-14H2,1-3H3,(H,24,26)/b10-4+/t19-/m0/s1. The van der Waals surface area contributed by atoms with E-state index < -0.39 is 12.2 Å². The molecule has 0 spiro atoms. The number of hydrogen-bond acceptors (Lipinski definition) is 6. The van der Waals surface area contributed by atoms with Gasteiger partial charge in [-0.05, 0) is 48.0 Å². The summed E-state index contributed by atoms with van der Waals surface area (Å²) in [6.45, 7) is 1.99. The first-order valence-electron chi connectivity index (χ1n) is 9.68. The molecule has 0 bridgehead atoms. The number of methoxy groups -OCH3 is 2. The first-order valence-corrected chi connectivity index (χ1v) is 9.68. The molecule has 1 aliphatic rings. The van der Waals surface area contributed by atoms with Crippen LogP contribution in [0.3, 0.4) is 0 Å². The summed E-state index contributed by atoms with van der Waals surface area (Å²) in [5.74, 6) is 0.837. The lowest BCUT2D eigenvalue weighted by molar-refractivity contribution is -0.119. The van der Waals surface area contributed by atoms with Gasteiger partial charge in [0.15, 0.2) is 17.3 Å². The molecule has 31 heavy (non-hydrogen) atoms. The minimum Gasteiger partial charge on any atom is -0.493 e. The predicted molar refractivity (Wildman–Crippen MR) is 116 cm³/mol. The third-order valence-corrected chi connectivity index (χ3v) is 4.75. The van der Waals surface area contributed by atoms with Crippen LogP contribution in [0.2, 0.25) is 0 Å². The first-order chi connectivity index (χ1) is 14.9. The maximum absolute atomic E-state index is 12.5. The van der Waals surface area contributed by atoms with Crippen molar-refractivity contribution in [3.63, 3.8) is 0 Å². The Morgan fingerprint density at radius 3 is 2.48 bits per heavy atom. The third-order valence-electron chi connectivity index (χ3n) is 4.75. The quantitative estimate of drug-likeness (QED) is 0.517. The van der Waals surface area contributed by atoms with Gasteiger partial charge in [0.25, 0.3) is 0 Å². The van der Waals surface area contributed by atoms with Gasteiger partial charge in [-0.2, -0.15) is 0 Å². The number of ketones is 1. The van der Waals surface area contributed by atoms with Gasteiger partial charge in [-0.15, -0.1) is 0 Å². The fourth-order valence-electron chi connectivity index (χ4n) is 3.13. The molecule has 1 saturated heterocycles. The molecular formula is C23H24N2O6. The second-order valence-corrected chi connectivity index (χ2v) is 6.91. The number of amides is 2. The van der Waals surface area contributed by atoms with Crippen LogP contribution in [-0.2, 0) is 9.53 Å². The summed E-state index contributed by atoms with van der Waals surface area (Å²) in [6, 6.07) is 12.1. The van der Waals surface area contributed by atoms with Crippen LogP contribution in [0.5, 0.6) is 11.5 Å². The summed E-state index contributed by atoms with van der Waals surface area (Å²) in [5, 5.41) is 2.64. The van der Waals surface area contributed by atoms with Gasteiger partial charge in [0.1, 0.15) is 6.10 Å². The molecule has 2 aromatic rings. The number of nitrogens with zero attached hydrogens (tertiary/aromatic N) is 1. The van der Waals surface area contributed by atoms with Crippen molar-refractivity contribution in [1.82, 2.24) is 5.32 Å². The van der Waals surface area contributed by atoms with E-state index in [1.54, 1.807) is 56.7 Å². The van der Waals surface area contributed by atoms with Crippen LogP contribution in [-0.4, -0.2) is 51.2 Å². The van der Waals surface area contributed by atoms with E-state index in [2.05, 4.69) is 5.32 Å². The van der Waals surface area contributed by atoms with Crippen molar-refractivity contribution in [2.45, 2.75) is 13.0 Å². The predicted octanol–water partition coefficient (Wildman–Crippen LogP) is 3.06. The summed E-state index contributed by atoms with van der Waals surface area (Å²) >= 11 is 0. The van der Waals surface area contributed by atoms with E-state index in [0.717, 1.165) is 5.56 Å². The highest BCUT2D eigenvalue weighted by Gasteiger charge is 2.32. The van der Waals surface area contributed by atoms with Crippen LogP contribution in [0.15, 0.2) is 48.5 Å². The van der Waals surface area contributed by atoms with E-state index >= 15 is 0 Å². The van der Waals surface area contributed by atoms with Gasteiger partial charge in [0.2, 0.25) is 5.91 Å². The van der Waals surface area contributed by atoms with Crippen LogP contribution in [0.4, 0.5) is 10.5 Å². The first kappa shape index (κ1) is 21.9. The van der Waals surface area contributed by atoms with Gasteiger partial charge in [-0.1, -0.05) is 12.1 Å². The molecule has 1 atom stereocenters. The zero-order valence-corrected chi connectivity index (χ0v) is 17.6. The second-order valence-electron chi connectivity index (χ2n) is 6.91. The molecule has 0 radical (unpaired) electrons. The number of carbonyl (C=O) groups excluding carboxylic acids is 3. The van der Waals surface area contributed by atoms with E-state index in [4.69, 9.17) is 14.2 Å². The number of carbonyl (C=O) groups is 3. The average molecular weight is 424 g/mol. The van der Waals surface area contributed by atoms with Gasteiger partial charge in [0.05, 0.1) is 27.3 Å². The minimum absolute atomic E-state index is 0.172. The molecule has 162 valence electrons. The molecule has 8 nitrogen and oxygen atoms in total. The van der Waals surface area contributed by atoms with Crippen molar-refractivity contribution in [2.75, 3.05) is 32.2 Å². The summed E-state index contributed by atoms with van der Waals surface area (Å²) < 4.78 is 15.7. The van der Waals surface area contributed by atoms with Crippen molar-refractivity contribution in [1.29, 1.82) is 0 Å². The minimum atomic E-state index is -0.484. The smallest absolute Gasteiger partial charge is 0.414 e. The highest BCUT2D eigenvalue weighted by Crippen LogP contribution is 2.28. The summed E-state index contributed by atoms with van der Waals surface area (Å²) in [4.78, 5) is 37.1. The van der Waals surface area contributed by atoms with E-state index in [0.29, 0.717) is 29.3 Å². The molecule has 1 fully saturated rings. The Labute approximate surface area is 180 Å². The second kappa shape index (κ2) is 9.80. The third kappa shape index (κ3) is 5.42. The maximum atomic E-state index is 12.5. The number of nitrogens with one attached hydrogen (secondary N) is 1. The van der Waals surface area contributed by atoms with E-state index in [-0.39, 0.29) is 18.2 Å². The number of cyclic esters (lactones) is 1. The molecule has 3 rings (SSSR count).